The highest BCUT2D eigenvalue weighted by Gasteiger charge is 2.30. The first kappa shape index (κ1) is 13.4. The number of unbranched alkanes of at least 4 members (excludes halogenated alkanes) is 1. The Kier molecular flexibility index (Phi) is 5.34. The molecule has 0 heterocycles. The molecule has 1 nitrogen and oxygen atoms in total. The van der Waals surface area contributed by atoms with E-state index in [-0.39, 0.29) is 6.10 Å². The zero-order chi connectivity index (χ0) is 12.1. The van der Waals surface area contributed by atoms with Crippen molar-refractivity contribution in [3.63, 3.8) is 0 Å². The highest BCUT2D eigenvalue weighted by molar-refractivity contribution is 4.82. The normalized spacial score (nSPS) is 39.2. The van der Waals surface area contributed by atoms with Crippen LogP contribution in [0.3, 0.4) is 0 Å². The van der Waals surface area contributed by atoms with Crippen LogP contribution in [0.5, 0.6) is 0 Å². The van der Waals surface area contributed by atoms with E-state index >= 15 is 0 Å². The largest absolute Gasteiger partial charge is 0.393 e. The zero-order valence-electron chi connectivity index (χ0n) is 11.5. The first-order chi connectivity index (χ1) is 8.29. The van der Waals surface area contributed by atoms with Gasteiger partial charge in [-0.15, -0.1) is 0 Å². The lowest BCUT2D eigenvalue weighted by molar-refractivity contribution is 0.0640. The molecule has 0 unspecified atom stereocenters. The molecular weight excluding hydrogens is 208 g/mol. The van der Waals surface area contributed by atoms with E-state index < -0.39 is 0 Å². The Morgan fingerprint density at radius 2 is 1.71 bits per heavy atom. The standard InChI is InChI=1S/C16H30O/c1-2-3-5-13-8-10-14(11-9-13)15-6-4-7-16(17)12-15/h13-17H,2-12H2,1H3/t13?,14?,15-,16-/m1/s1. The molecule has 0 bridgehead atoms. The van der Waals surface area contributed by atoms with E-state index in [2.05, 4.69) is 6.92 Å². The maximum Gasteiger partial charge on any atom is 0.0543 e. The van der Waals surface area contributed by atoms with Crippen LogP contribution in [0, 0.1) is 17.8 Å². The molecule has 0 aliphatic heterocycles. The van der Waals surface area contributed by atoms with Crippen LogP contribution in [-0.4, -0.2) is 11.2 Å². The van der Waals surface area contributed by atoms with Gasteiger partial charge in [-0.3, -0.25) is 0 Å². The van der Waals surface area contributed by atoms with Crippen LogP contribution >= 0.6 is 0 Å². The van der Waals surface area contributed by atoms with Gasteiger partial charge >= 0.3 is 0 Å². The molecule has 0 spiro atoms. The fourth-order valence-corrected chi connectivity index (χ4v) is 4.07. The monoisotopic (exact) mass is 238 g/mol. The molecule has 0 radical (unpaired) electrons. The Balaban J connectivity index is 1.71. The minimum atomic E-state index is 0.0200. The van der Waals surface area contributed by atoms with Crippen molar-refractivity contribution in [2.75, 3.05) is 0 Å². The maximum absolute atomic E-state index is 9.78. The highest BCUT2D eigenvalue weighted by Crippen LogP contribution is 2.41. The summed E-state index contributed by atoms with van der Waals surface area (Å²) in [5.74, 6) is 2.83. The molecule has 1 heteroatoms. The van der Waals surface area contributed by atoms with Crippen LogP contribution in [0.15, 0.2) is 0 Å². The number of hydrogen-bond donors (Lipinski definition) is 1. The lowest BCUT2D eigenvalue weighted by atomic mass is 9.70. The molecule has 0 amide bonds. The summed E-state index contributed by atoms with van der Waals surface area (Å²) in [6.07, 6.45) is 14.9. The fourth-order valence-electron chi connectivity index (χ4n) is 4.07. The van der Waals surface area contributed by atoms with Crippen molar-refractivity contribution in [1.29, 1.82) is 0 Å². The Hall–Kier alpha value is -0.0400. The van der Waals surface area contributed by atoms with E-state index in [1.807, 2.05) is 0 Å². The summed E-state index contributed by atoms with van der Waals surface area (Å²) in [6.45, 7) is 2.30. The van der Waals surface area contributed by atoms with Crippen LogP contribution in [0.4, 0.5) is 0 Å². The molecule has 2 aliphatic carbocycles. The third-order valence-electron chi connectivity index (χ3n) is 5.21. The smallest absolute Gasteiger partial charge is 0.0543 e. The molecule has 0 saturated heterocycles. The molecule has 0 aromatic heterocycles. The van der Waals surface area contributed by atoms with Crippen LogP contribution in [0.2, 0.25) is 0 Å². The second kappa shape index (κ2) is 6.78. The van der Waals surface area contributed by atoms with Gasteiger partial charge in [0.05, 0.1) is 6.10 Å². The van der Waals surface area contributed by atoms with Crippen LogP contribution in [0.25, 0.3) is 0 Å². The van der Waals surface area contributed by atoms with Gasteiger partial charge in [0, 0.05) is 0 Å². The predicted octanol–water partition coefficient (Wildman–Crippen LogP) is 4.53. The summed E-state index contributed by atoms with van der Waals surface area (Å²) >= 11 is 0. The first-order valence-electron chi connectivity index (χ1n) is 7.97. The number of rotatable bonds is 4. The summed E-state index contributed by atoms with van der Waals surface area (Å²) in [7, 11) is 0. The molecule has 100 valence electrons. The van der Waals surface area contributed by atoms with Crippen LogP contribution in [0.1, 0.15) is 77.6 Å². The van der Waals surface area contributed by atoms with E-state index in [0.717, 1.165) is 30.6 Å². The highest BCUT2D eigenvalue weighted by atomic mass is 16.3. The topological polar surface area (TPSA) is 20.2 Å². The van der Waals surface area contributed by atoms with Gasteiger partial charge in [0.25, 0.3) is 0 Å². The summed E-state index contributed by atoms with van der Waals surface area (Å²) in [5.41, 5.74) is 0. The molecule has 2 aliphatic rings. The van der Waals surface area contributed by atoms with Crippen molar-refractivity contribution < 1.29 is 5.11 Å². The average molecular weight is 238 g/mol. The van der Waals surface area contributed by atoms with Gasteiger partial charge in [0.2, 0.25) is 0 Å². The van der Waals surface area contributed by atoms with Gasteiger partial charge < -0.3 is 5.11 Å². The Labute approximate surface area is 107 Å². The summed E-state index contributed by atoms with van der Waals surface area (Å²) in [4.78, 5) is 0. The van der Waals surface area contributed by atoms with Crippen molar-refractivity contribution in [2.24, 2.45) is 17.8 Å². The molecule has 0 aromatic carbocycles. The average Bonchev–Trinajstić information content (AvgIpc) is 2.37. The van der Waals surface area contributed by atoms with Crippen molar-refractivity contribution in [3.05, 3.63) is 0 Å². The molecule has 0 aromatic rings. The molecule has 2 rings (SSSR count). The Morgan fingerprint density at radius 3 is 2.35 bits per heavy atom. The number of aliphatic hydroxyl groups excluding tert-OH is 1. The van der Waals surface area contributed by atoms with E-state index in [1.165, 1.54) is 57.8 Å². The van der Waals surface area contributed by atoms with Gasteiger partial charge in [-0.1, -0.05) is 45.4 Å². The van der Waals surface area contributed by atoms with Gasteiger partial charge in [-0.05, 0) is 49.9 Å². The van der Waals surface area contributed by atoms with Crippen molar-refractivity contribution in [3.8, 4) is 0 Å². The van der Waals surface area contributed by atoms with Gasteiger partial charge in [0.1, 0.15) is 0 Å². The minimum absolute atomic E-state index is 0.0200. The van der Waals surface area contributed by atoms with Gasteiger partial charge in [0.15, 0.2) is 0 Å². The van der Waals surface area contributed by atoms with E-state index in [0.29, 0.717) is 0 Å². The maximum atomic E-state index is 9.78. The van der Waals surface area contributed by atoms with Crippen molar-refractivity contribution >= 4 is 0 Å². The van der Waals surface area contributed by atoms with E-state index in [4.69, 9.17) is 0 Å². The molecular formula is C16H30O. The predicted molar refractivity (Wildman–Crippen MR) is 72.9 cm³/mol. The van der Waals surface area contributed by atoms with Crippen LogP contribution in [-0.2, 0) is 0 Å². The Bertz CT molecular complexity index is 206. The molecule has 2 saturated carbocycles. The quantitative estimate of drug-likeness (QED) is 0.762. The van der Waals surface area contributed by atoms with E-state index in [9.17, 15) is 5.11 Å². The molecule has 2 atom stereocenters. The van der Waals surface area contributed by atoms with E-state index in [1.54, 1.807) is 0 Å². The lowest BCUT2D eigenvalue weighted by Crippen LogP contribution is -2.28. The third-order valence-corrected chi connectivity index (χ3v) is 5.21. The molecule has 2 fully saturated rings. The SMILES string of the molecule is CCCCC1CCC([C@@H]2CCC[C@@H](O)C2)CC1. The Morgan fingerprint density at radius 1 is 0.941 bits per heavy atom. The summed E-state index contributed by atoms with van der Waals surface area (Å²) in [5, 5.41) is 9.78. The van der Waals surface area contributed by atoms with Crippen molar-refractivity contribution in [1.82, 2.24) is 0 Å². The first-order valence-corrected chi connectivity index (χ1v) is 7.97. The molecule has 1 N–H and O–H groups in total. The second-order valence-corrected chi connectivity index (χ2v) is 6.50. The number of hydrogen-bond acceptors (Lipinski definition) is 1. The zero-order valence-corrected chi connectivity index (χ0v) is 11.5. The van der Waals surface area contributed by atoms with Crippen LogP contribution < -0.4 is 0 Å². The second-order valence-electron chi connectivity index (χ2n) is 6.50. The van der Waals surface area contributed by atoms with Gasteiger partial charge in [-0.2, -0.15) is 0 Å². The molecule has 17 heavy (non-hydrogen) atoms. The minimum Gasteiger partial charge on any atom is -0.393 e. The lowest BCUT2D eigenvalue weighted by Gasteiger charge is -2.37. The third kappa shape index (κ3) is 3.98. The van der Waals surface area contributed by atoms with Crippen molar-refractivity contribution in [2.45, 2.75) is 83.7 Å². The van der Waals surface area contributed by atoms with Gasteiger partial charge in [-0.25, -0.2) is 0 Å². The summed E-state index contributed by atoms with van der Waals surface area (Å²) in [6, 6.07) is 0. The summed E-state index contributed by atoms with van der Waals surface area (Å²) < 4.78 is 0. The fraction of sp³-hybridized carbons (Fsp3) is 1.00. The number of aliphatic hydroxyl groups is 1.